The number of nitrogens with zero attached hydrogens (tertiary/aromatic N) is 1. The quantitative estimate of drug-likeness (QED) is 0.670. The van der Waals surface area contributed by atoms with Gasteiger partial charge in [-0.2, -0.15) is 0 Å². The van der Waals surface area contributed by atoms with Crippen molar-refractivity contribution in [3.05, 3.63) is 0 Å². The van der Waals surface area contributed by atoms with Crippen LogP contribution in [-0.4, -0.2) is 34.0 Å². The fourth-order valence-electron chi connectivity index (χ4n) is 2.62. The molecule has 0 bridgehead atoms. The minimum atomic E-state index is -0.976. The number of carbonyl (C=O) groups is 1. The molecule has 86 valence electrons. The molecule has 0 radical (unpaired) electrons. The van der Waals surface area contributed by atoms with E-state index in [0.29, 0.717) is 6.54 Å². The van der Waals surface area contributed by atoms with Gasteiger partial charge in [-0.3, -0.25) is 4.79 Å². The molecule has 15 heavy (non-hydrogen) atoms. The van der Waals surface area contributed by atoms with Crippen LogP contribution in [0.25, 0.3) is 0 Å². The Morgan fingerprint density at radius 3 is 2.60 bits per heavy atom. The zero-order valence-corrected chi connectivity index (χ0v) is 10.2. The van der Waals surface area contributed by atoms with Crippen LogP contribution in [0.3, 0.4) is 0 Å². The highest BCUT2D eigenvalue weighted by molar-refractivity contribution is 6.53. The molecule has 2 aliphatic rings. The summed E-state index contributed by atoms with van der Waals surface area (Å²) in [7, 11) is 0. The summed E-state index contributed by atoms with van der Waals surface area (Å²) in [6.45, 7) is 2.58. The maximum atomic E-state index is 11.8. The van der Waals surface area contributed by atoms with Gasteiger partial charge in [-0.25, -0.2) is 0 Å². The van der Waals surface area contributed by atoms with E-state index in [4.69, 9.17) is 27.9 Å². The molecule has 1 heterocycles. The normalized spacial score (nSPS) is 29.3. The van der Waals surface area contributed by atoms with Crippen LogP contribution in [0.1, 0.15) is 32.6 Å². The molecule has 3 nitrogen and oxygen atoms in total. The standard InChI is InChI=1S/C10H15Cl2NO2/c1-7-6-13(9(14)8(11)12)10(15-7)4-2-3-5-10/h7-8H,2-6H2,1H3. The summed E-state index contributed by atoms with van der Waals surface area (Å²) in [5, 5.41) is 0. The smallest absolute Gasteiger partial charge is 0.258 e. The molecule has 1 saturated carbocycles. The Labute approximate surface area is 99.7 Å². The van der Waals surface area contributed by atoms with Gasteiger partial charge in [-0.05, 0) is 32.6 Å². The van der Waals surface area contributed by atoms with Crippen molar-refractivity contribution in [1.29, 1.82) is 0 Å². The molecule has 1 spiro atoms. The van der Waals surface area contributed by atoms with Crippen LogP contribution in [0, 0.1) is 0 Å². The van der Waals surface area contributed by atoms with Crippen molar-refractivity contribution in [3.8, 4) is 0 Å². The highest BCUT2D eigenvalue weighted by Gasteiger charge is 2.50. The number of carbonyl (C=O) groups excluding carboxylic acids is 1. The lowest BCUT2D eigenvalue weighted by atomic mass is 10.1. The van der Waals surface area contributed by atoms with Crippen molar-refractivity contribution in [1.82, 2.24) is 4.90 Å². The molecule has 0 N–H and O–H groups in total. The fourth-order valence-corrected chi connectivity index (χ4v) is 2.86. The van der Waals surface area contributed by atoms with Crippen LogP contribution >= 0.6 is 23.2 Å². The first kappa shape index (κ1) is 11.5. The molecule has 2 fully saturated rings. The molecule has 2 rings (SSSR count). The molecule has 1 unspecified atom stereocenters. The number of hydrogen-bond donors (Lipinski definition) is 0. The first-order valence-corrected chi connectivity index (χ1v) is 6.20. The lowest BCUT2D eigenvalue weighted by Gasteiger charge is -2.33. The van der Waals surface area contributed by atoms with E-state index in [1.807, 2.05) is 6.92 Å². The van der Waals surface area contributed by atoms with Crippen LogP contribution in [0.4, 0.5) is 0 Å². The predicted octanol–water partition coefficient (Wildman–Crippen LogP) is 2.31. The second-order valence-corrected chi connectivity index (χ2v) is 5.43. The summed E-state index contributed by atoms with van der Waals surface area (Å²) in [5.41, 5.74) is -0.404. The van der Waals surface area contributed by atoms with Crippen LogP contribution < -0.4 is 0 Å². The zero-order chi connectivity index (χ0) is 11.1. The summed E-state index contributed by atoms with van der Waals surface area (Å²) in [6, 6.07) is 0. The van der Waals surface area contributed by atoms with Crippen molar-refractivity contribution in [2.24, 2.45) is 0 Å². The second-order valence-electron chi connectivity index (χ2n) is 4.33. The Balaban J connectivity index is 2.18. The van der Waals surface area contributed by atoms with Gasteiger partial charge in [-0.15, -0.1) is 0 Å². The topological polar surface area (TPSA) is 29.5 Å². The molecule has 1 amide bonds. The van der Waals surface area contributed by atoms with Gasteiger partial charge in [0.15, 0.2) is 4.84 Å². The van der Waals surface area contributed by atoms with E-state index in [2.05, 4.69) is 0 Å². The van der Waals surface area contributed by atoms with Crippen LogP contribution in [-0.2, 0) is 9.53 Å². The van der Waals surface area contributed by atoms with E-state index < -0.39 is 10.6 Å². The Bertz CT molecular complexity index is 264. The molecule has 5 heteroatoms. The van der Waals surface area contributed by atoms with E-state index in [1.165, 1.54) is 0 Å². The molecule has 1 aliphatic heterocycles. The predicted molar refractivity (Wildman–Crippen MR) is 59.0 cm³/mol. The summed E-state index contributed by atoms with van der Waals surface area (Å²) < 4.78 is 5.88. The third kappa shape index (κ3) is 1.97. The first-order valence-electron chi connectivity index (χ1n) is 5.33. The maximum absolute atomic E-state index is 11.8. The molecule has 0 aromatic rings. The molecule has 1 atom stereocenters. The van der Waals surface area contributed by atoms with Crippen molar-refractivity contribution < 1.29 is 9.53 Å². The van der Waals surface area contributed by atoms with Gasteiger partial charge >= 0.3 is 0 Å². The van der Waals surface area contributed by atoms with Crippen molar-refractivity contribution in [2.75, 3.05) is 6.54 Å². The molecule has 0 aromatic carbocycles. The maximum Gasteiger partial charge on any atom is 0.258 e. The van der Waals surface area contributed by atoms with Gasteiger partial charge in [0.05, 0.1) is 6.10 Å². The summed E-state index contributed by atoms with van der Waals surface area (Å²) >= 11 is 11.3. The summed E-state index contributed by atoms with van der Waals surface area (Å²) in [6.07, 6.45) is 4.10. The molecule has 1 aliphatic carbocycles. The van der Waals surface area contributed by atoms with Crippen LogP contribution in [0.2, 0.25) is 0 Å². The highest BCUT2D eigenvalue weighted by atomic mass is 35.5. The number of halogens is 2. The van der Waals surface area contributed by atoms with Crippen LogP contribution in [0.5, 0.6) is 0 Å². The largest absolute Gasteiger partial charge is 0.351 e. The summed E-state index contributed by atoms with van der Waals surface area (Å²) in [5.74, 6) is -0.218. The van der Waals surface area contributed by atoms with Gasteiger partial charge in [0.2, 0.25) is 0 Å². The van der Waals surface area contributed by atoms with E-state index in [1.54, 1.807) is 4.90 Å². The van der Waals surface area contributed by atoms with Crippen molar-refractivity contribution in [3.63, 3.8) is 0 Å². The van der Waals surface area contributed by atoms with Crippen molar-refractivity contribution in [2.45, 2.75) is 49.3 Å². The SMILES string of the molecule is CC1CN(C(=O)C(Cl)Cl)C2(CCCC2)O1. The van der Waals surface area contributed by atoms with E-state index in [0.717, 1.165) is 25.7 Å². The first-order chi connectivity index (χ1) is 7.05. The Hall–Kier alpha value is 0.01000. The van der Waals surface area contributed by atoms with Gasteiger partial charge in [0, 0.05) is 6.54 Å². The van der Waals surface area contributed by atoms with E-state index in [9.17, 15) is 4.79 Å². The summed E-state index contributed by atoms with van der Waals surface area (Å²) in [4.78, 5) is 12.6. The number of alkyl halides is 2. The number of hydrogen-bond acceptors (Lipinski definition) is 2. The third-order valence-electron chi connectivity index (χ3n) is 3.19. The fraction of sp³-hybridized carbons (Fsp3) is 0.900. The highest BCUT2D eigenvalue weighted by Crippen LogP contribution is 2.42. The van der Waals surface area contributed by atoms with Gasteiger partial charge < -0.3 is 9.64 Å². The molecular formula is C10H15Cl2NO2. The van der Waals surface area contributed by atoms with Gasteiger partial charge in [0.25, 0.3) is 5.91 Å². The number of ether oxygens (including phenoxy) is 1. The minimum absolute atomic E-state index is 0.0825. The second kappa shape index (κ2) is 4.11. The van der Waals surface area contributed by atoms with Crippen molar-refractivity contribution >= 4 is 29.1 Å². The average molecular weight is 252 g/mol. The third-order valence-corrected chi connectivity index (χ3v) is 3.56. The lowest BCUT2D eigenvalue weighted by molar-refractivity contribution is -0.148. The molecular weight excluding hydrogens is 237 g/mol. The zero-order valence-electron chi connectivity index (χ0n) is 8.71. The van der Waals surface area contributed by atoms with Gasteiger partial charge in [-0.1, -0.05) is 23.2 Å². The average Bonchev–Trinajstić information content (AvgIpc) is 2.74. The van der Waals surface area contributed by atoms with Crippen LogP contribution in [0.15, 0.2) is 0 Å². The monoisotopic (exact) mass is 251 g/mol. The molecule has 0 aromatic heterocycles. The Morgan fingerprint density at radius 1 is 1.47 bits per heavy atom. The van der Waals surface area contributed by atoms with Gasteiger partial charge in [0.1, 0.15) is 5.72 Å². The number of amides is 1. The lowest BCUT2D eigenvalue weighted by Crippen LogP contribution is -2.48. The Morgan fingerprint density at radius 2 is 2.07 bits per heavy atom. The van der Waals surface area contributed by atoms with E-state index in [-0.39, 0.29) is 12.0 Å². The number of rotatable bonds is 1. The molecule has 1 saturated heterocycles. The Kier molecular flexibility index (Phi) is 3.15. The minimum Gasteiger partial charge on any atom is -0.351 e. The van der Waals surface area contributed by atoms with E-state index >= 15 is 0 Å².